The molecule has 5 atom stereocenters. The number of methoxy groups -OCH3 is 1. The number of quaternary nitrogens is 1. The standard InChI is InChI=1S/C27H31N2O2/c1-3-20-18-29(17-19-7-5-4-6-8-19)14-12-21(20)15-26(29)27(30)23-11-13-28-25-10-9-22(31-2)16-24(23)25/h3-11,13,16,20-21,26-27,30H,1,12,14-15,17-18H2,2H3/q+1/t20-,21+,26-,27-,29-/m1/s1. The van der Waals surface area contributed by atoms with Crippen LogP contribution in [0.25, 0.3) is 10.9 Å². The minimum absolute atomic E-state index is 0.159. The van der Waals surface area contributed by atoms with E-state index in [0.717, 1.165) is 52.8 Å². The lowest BCUT2D eigenvalue weighted by atomic mass is 9.71. The van der Waals surface area contributed by atoms with E-state index >= 15 is 0 Å². The number of rotatable bonds is 6. The minimum Gasteiger partial charge on any atom is -0.497 e. The third kappa shape index (κ3) is 3.54. The normalized spacial score (nSPS) is 28.4. The second kappa shape index (κ2) is 8.10. The van der Waals surface area contributed by atoms with Crippen LogP contribution in [0.5, 0.6) is 5.75 Å². The van der Waals surface area contributed by atoms with Crippen LogP contribution in [0.3, 0.4) is 0 Å². The van der Waals surface area contributed by atoms with Crippen molar-refractivity contribution in [2.45, 2.75) is 31.5 Å². The largest absolute Gasteiger partial charge is 0.497 e. The van der Waals surface area contributed by atoms with Gasteiger partial charge in [-0.15, -0.1) is 6.58 Å². The number of hydrogen-bond donors (Lipinski definition) is 1. The molecular weight excluding hydrogens is 384 g/mol. The number of fused-ring (bicyclic) bond motifs is 4. The summed E-state index contributed by atoms with van der Waals surface area (Å²) in [5.74, 6) is 1.92. The minimum atomic E-state index is -0.546. The summed E-state index contributed by atoms with van der Waals surface area (Å²) in [6.45, 7) is 7.25. The van der Waals surface area contributed by atoms with E-state index < -0.39 is 6.10 Å². The number of ether oxygens (including phenoxy) is 1. The van der Waals surface area contributed by atoms with Crippen molar-refractivity contribution in [2.24, 2.45) is 11.8 Å². The monoisotopic (exact) mass is 415 g/mol. The summed E-state index contributed by atoms with van der Waals surface area (Å²) >= 11 is 0. The van der Waals surface area contributed by atoms with Gasteiger partial charge >= 0.3 is 0 Å². The average molecular weight is 416 g/mol. The molecule has 1 aromatic heterocycles. The Morgan fingerprint density at radius 2 is 2.06 bits per heavy atom. The number of piperidine rings is 3. The highest BCUT2D eigenvalue weighted by Gasteiger charge is 2.53. The van der Waals surface area contributed by atoms with E-state index in [1.807, 2.05) is 30.5 Å². The molecule has 0 amide bonds. The lowest BCUT2D eigenvalue weighted by Crippen LogP contribution is -2.67. The van der Waals surface area contributed by atoms with E-state index in [0.29, 0.717) is 11.8 Å². The number of benzene rings is 2. The van der Waals surface area contributed by atoms with Crippen molar-refractivity contribution in [2.75, 3.05) is 20.2 Å². The van der Waals surface area contributed by atoms with Gasteiger partial charge in [0.05, 0.1) is 25.7 Å². The highest BCUT2D eigenvalue weighted by molar-refractivity contribution is 5.83. The highest BCUT2D eigenvalue weighted by Crippen LogP contribution is 2.48. The number of nitrogens with zero attached hydrogens (tertiary/aromatic N) is 2. The van der Waals surface area contributed by atoms with Gasteiger partial charge in [0.1, 0.15) is 24.4 Å². The zero-order valence-corrected chi connectivity index (χ0v) is 18.2. The van der Waals surface area contributed by atoms with Gasteiger partial charge in [-0.05, 0) is 35.7 Å². The number of hydrogen-bond acceptors (Lipinski definition) is 3. The molecule has 3 aliphatic heterocycles. The molecule has 3 aromatic rings. The molecule has 6 rings (SSSR count). The molecule has 160 valence electrons. The predicted molar refractivity (Wildman–Crippen MR) is 124 cm³/mol. The first-order valence-corrected chi connectivity index (χ1v) is 11.3. The van der Waals surface area contributed by atoms with Gasteiger partial charge < -0.3 is 14.3 Å². The van der Waals surface area contributed by atoms with Crippen molar-refractivity contribution in [1.29, 1.82) is 0 Å². The van der Waals surface area contributed by atoms with E-state index in [4.69, 9.17) is 4.74 Å². The van der Waals surface area contributed by atoms with Crippen LogP contribution in [0.2, 0.25) is 0 Å². The molecule has 3 saturated heterocycles. The van der Waals surface area contributed by atoms with E-state index in [1.165, 1.54) is 12.0 Å². The second-order valence-corrected chi connectivity index (χ2v) is 9.25. The summed E-state index contributed by atoms with van der Waals surface area (Å²) in [4.78, 5) is 4.52. The zero-order chi connectivity index (χ0) is 21.4. The van der Waals surface area contributed by atoms with Crippen LogP contribution in [0.4, 0.5) is 0 Å². The lowest BCUT2D eigenvalue weighted by molar-refractivity contribution is -0.984. The Bertz CT molecular complexity index is 1080. The second-order valence-electron chi connectivity index (χ2n) is 9.25. The molecule has 3 fully saturated rings. The molecule has 4 heterocycles. The molecule has 2 bridgehead atoms. The van der Waals surface area contributed by atoms with Gasteiger partial charge in [-0.2, -0.15) is 0 Å². The maximum Gasteiger partial charge on any atom is 0.131 e. The average Bonchev–Trinajstić information content (AvgIpc) is 2.83. The molecular formula is C27H31N2O2+. The molecule has 0 aliphatic carbocycles. The van der Waals surface area contributed by atoms with Crippen LogP contribution < -0.4 is 4.74 Å². The highest BCUT2D eigenvalue weighted by atomic mass is 16.5. The SMILES string of the molecule is C=C[C@@H]1C[N@+]2(Cc3ccccc3)CC[C@H]1C[C@@H]2[C@H](O)c1ccnc2ccc(OC)cc12. The molecule has 4 nitrogen and oxygen atoms in total. The summed E-state index contributed by atoms with van der Waals surface area (Å²) in [6, 6.07) is 18.8. The lowest BCUT2D eigenvalue weighted by Gasteiger charge is -2.58. The Kier molecular flexibility index (Phi) is 5.28. The third-order valence-electron chi connectivity index (χ3n) is 7.68. The van der Waals surface area contributed by atoms with Crippen molar-refractivity contribution >= 4 is 10.9 Å². The Labute approximate surface area is 184 Å². The third-order valence-corrected chi connectivity index (χ3v) is 7.68. The smallest absolute Gasteiger partial charge is 0.131 e. The number of aliphatic hydroxyl groups excluding tert-OH is 1. The number of pyridine rings is 1. The van der Waals surface area contributed by atoms with Crippen molar-refractivity contribution in [1.82, 2.24) is 4.98 Å². The van der Waals surface area contributed by atoms with Crippen molar-refractivity contribution in [3.05, 3.63) is 84.6 Å². The quantitative estimate of drug-likeness (QED) is 0.460. The van der Waals surface area contributed by atoms with Gasteiger partial charge in [-0.25, -0.2) is 0 Å². The van der Waals surface area contributed by atoms with Gasteiger partial charge in [0.15, 0.2) is 0 Å². The summed E-state index contributed by atoms with van der Waals surface area (Å²) < 4.78 is 6.38. The number of aliphatic hydroxyl groups is 1. The van der Waals surface area contributed by atoms with E-state index in [1.54, 1.807) is 7.11 Å². The van der Waals surface area contributed by atoms with Gasteiger partial charge in [0.25, 0.3) is 0 Å². The first-order chi connectivity index (χ1) is 15.1. The summed E-state index contributed by atoms with van der Waals surface area (Å²) in [5, 5.41) is 12.8. The summed E-state index contributed by atoms with van der Waals surface area (Å²) in [7, 11) is 1.68. The first kappa shape index (κ1) is 20.2. The van der Waals surface area contributed by atoms with Crippen molar-refractivity contribution < 1.29 is 14.3 Å². The zero-order valence-electron chi connectivity index (χ0n) is 18.2. The molecule has 31 heavy (non-hydrogen) atoms. The van der Waals surface area contributed by atoms with Crippen LogP contribution in [0, 0.1) is 11.8 Å². The van der Waals surface area contributed by atoms with Crippen LogP contribution in [0.15, 0.2) is 73.4 Å². The van der Waals surface area contributed by atoms with Gasteiger partial charge in [0, 0.05) is 35.9 Å². The fraction of sp³-hybridized carbons (Fsp3) is 0.370. The van der Waals surface area contributed by atoms with Gasteiger partial charge in [0.2, 0.25) is 0 Å². The Morgan fingerprint density at radius 3 is 2.84 bits per heavy atom. The van der Waals surface area contributed by atoms with E-state index in [2.05, 4.69) is 48.0 Å². The molecule has 1 N–H and O–H groups in total. The van der Waals surface area contributed by atoms with E-state index in [9.17, 15) is 5.11 Å². The predicted octanol–water partition coefficient (Wildman–Crippen LogP) is 4.89. The maximum atomic E-state index is 11.8. The first-order valence-electron chi connectivity index (χ1n) is 11.3. The molecule has 3 aliphatic rings. The van der Waals surface area contributed by atoms with Crippen LogP contribution in [0.1, 0.15) is 30.1 Å². The summed E-state index contributed by atoms with van der Waals surface area (Å²) in [5.41, 5.74) is 3.19. The van der Waals surface area contributed by atoms with Crippen molar-refractivity contribution in [3.8, 4) is 5.75 Å². The maximum absolute atomic E-state index is 11.8. The summed E-state index contributed by atoms with van der Waals surface area (Å²) in [6.07, 6.45) is 5.65. The van der Waals surface area contributed by atoms with Crippen LogP contribution >= 0.6 is 0 Å². The molecule has 0 radical (unpaired) electrons. The number of aromatic nitrogens is 1. The molecule has 0 spiro atoms. The Morgan fingerprint density at radius 1 is 1.23 bits per heavy atom. The molecule has 0 unspecified atom stereocenters. The molecule has 4 heteroatoms. The van der Waals surface area contributed by atoms with Crippen molar-refractivity contribution in [3.63, 3.8) is 0 Å². The van der Waals surface area contributed by atoms with E-state index in [-0.39, 0.29) is 6.04 Å². The van der Waals surface area contributed by atoms with Crippen LogP contribution in [-0.2, 0) is 6.54 Å². The topological polar surface area (TPSA) is 42.4 Å². The Balaban J connectivity index is 1.56. The Hall–Kier alpha value is -2.69. The van der Waals surface area contributed by atoms with Gasteiger partial charge in [-0.1, -0.05) is 36.4 Å². The van der Waals surface area contributed by atoms with Crippen LogP contribution in [-0.4, -0.2) is 40.8 Å². The fourth-order valence-corrected chi connectivity index (χ4v) is 6.07. The fourth-order valence-electron chi connectivity index (χ4n) is 6.07. The molecule has 2 aromatic carbocycles. The van der Waals surface area contributed by atoms with Gasteiger partial charge in [-0.3, -0.25) is 4.98 Å². The molecule has 0 saturated carbocycles.